The fourth-order valence-corrected chi connectivity index (χ4v) is 2.97. The average Bonchev–Trinajstić information content (AvgIpc) is 2.10. The predicted molar refractivity (Wildman–Crippen MR) is 62.7 cm³/mol. The van der Waals surface area contributed by atoms with Crippen LogP contribution in [0, 0.1) is 17.8 Å². The number of hydrogen-bond acceptors (Lipinski definition) is 2. The molecule has 1 saturated carbocycles. The zero-order valence-electron chi connectivity index (χ0n) is 10.2. The number of likely N-dealkylation sites (tertiary alicyclic amines) is 1. The first-order valence-corrected chi connectivity index (χ1v) is 6.55. The Balaban J connectivity index is 1.66. The van der Waals surface area contributed by atoms with Crippen LogP contribution >= 0.6 is 0 Å². The lowest BCUT2D eigenvalue weighted by molar-refractivity contribution is 0.0275. The molecule has 2 nitrogen and oxygen atoms in total. The van der Waals surface area contributed by atoms with E-state index in [9.17, 15) is 5.11 Å². The molecular weight excluding hydrogens is 186 g/mol. The molecule has 0 spiro atoms. The molecule has 1 heterocycles. The first kappa shape index (κ1) is 11.4. The summed E-state index contributed by atoms with van der Waals surface area (Å²) >= 11 is 0. The van der Waals surface area contributed by atoms with Gasteiger partial charge >= 0.3 is 0 Å². The lowest BCUT2D eigenvalue weighted by Crippen LogP contribution is -2.51. The standard InChI is InChI=1S/C13H25NO/c1-10(2)12-8-14(9-12)7-11-4-3-5-13(15)6-11/h10-13,15H,3-9H2,1-2H3. The number of hydrogen-bond donors (Lipinski definition) is 1. The van der Waals surface area contributed by atoms with Crippen LogP contribution < -0.4 is 0 Å². The summed E-state index contributed by atoms with van der Waals surface area (Å²) in [6, 6.07) is 0. The molecule has 2 fully saturated rings. The van der Waals surface area contributed by atoms with Gasteiger partial charge in [-0.3, -0.25) is 0 Å². The topological polar surface area (TPSA) is 23.5 Å². The van der Waals surface area contributed by atoms with Gasteiger partial charge in [-0.15, -0.1) is 0 Å². The van der Waals surface area contributed by atoms with E-state index in [1.807, 2.05) is 0 Å². The summed E-state index contributed by atoms with van der Waals surface area (Å²) in [6.45, 7) is 8.48. The highest BCUT2D eigenvalue weighted by atomic mass is 16.3. The van der Waals surface area contributed by atoms with Gasteiger partial charge in [0, 0.05) is 19.6 Å². The molecule has 1 saturated heterocycles. The van der Waals surface area contributed by atoms with E-state index in [0.717, 1.165) is 30.6 Å². The first-order chi connectivity index (χ1) is 7.15. The molecule has 0 aromatic rings. The van der Waals surface area contributed by atoms with Crippen molar-refractivity contribution in [3.05, 3.63) is 0 Å². The Morgan fingerprint density at radius 1 is 1.27 bits per heavy atom. The van der Waals surface area contributed by atoms with E-state index in [2.05, 4.69) is 18.7 Å². The Hall–Kier alpha value is -0.0800. The average molecular weight is 211 g/mol. The summed E-state index contributed by atoms with van der Waals surface area (Å²) in [7, 11) is 0. The molecule has 2 unspecified atom stereocenters. The van der Waals surface area contributed by atoms with Crippen LogP contribution in [0.15, 0.2) is 0 Å². The van der Waals surface area contributed by atoms with Crippen molar-refractivity contribution in [2.75, 3.05) is 19.6 Å². The molecule has 1 N–H and O–H groups in total. The summed E-state index contributed by atoms with van der Waals surface area (Å²) < 4.78 is 0. The molecule has 0 bridgehead atoms. The van der Waals surface area contributed by atoms with Crippen LogP contribution in [0.3, 0.4) is 0 Å². The zero-order valence-corrected chi connectivity index (χ0v) is 10.2. The third-order valence-corrected chi connectivity index (χ3v) is 4.20. The molecule has 1 aliphatic heterocycles. The maximum atomic E-state index is 9.60. The summed E-state index contributed by atoms with van der Waals surface area (Å²) in [6.07, 6.45) is 4.63. The van der Waals surface area contributed by atoms with E-state index in [0.29, 0.717) is 0 Å². The Morgan fingerprint density at radius 3 is 2.60 bits per heavy atom. The summed E-state index contributed by atoms with van der Waals surface area (Å²) in [5.74, 6) is 2.54. The molecule has 0 radical (unpaired) electrons. The minimum atomic E-state index is -0.00841. The highest BCUT2D eigenvalue weighted by Crippen LogP contribution is 2.29. The van der Waals surface area contributed by atoms with Crippen LogP contribution in [-0.2, 0) is 0 Å². The third kappa shape index (κ3) is 2.94. The maximum Gasteiger partial charge on any atom is 0.0543 e. The van der Waals surface area contributed by atoms with E-state index in [1.54, 1.807) is 0 Å². The van der Waals surface area contributed by atoms with Gasteiger partial charge in [0.25, 0.3) is 0 Å². The van der Waals surface area contributed by atoms with Crippen molar-refractivity contribution in [2.24, 2.45) is 17.8 Å². The number of aliphatic hydroxyl groups excluding tert-OH is 1. The largest absolute Gasteiger partial charge is 0.393 e. The van der Waals surface area contributed by atoms with Gasteiger partial charge in [0.2, 0.25) is 0 Å². The molecule has 0 aromatic carbocycles. The fraction of sp³-hybridized carbons (Fsp3) is 1.00. The van der Waals surface area contributed by atoms with Gasteiger partial charge in [-0.25, -0.2) is 0 Å². The second kappa shape index (κ2) is 4.84. The van der Waals surface area contributed by atoms with Gasteiger partial charge in [0.15, 0.2) is 0 Å². The lowest BCUT2D eigenvalue weighted by atomic mass is 9.83. The Bertz CT molecular complexity index is 199. The predicted octanol–water partition coefficient (Wildman–Crippen LogP) is 2.13. The van der Waals surface area contributed by atoms with Gasteiger partial charge < -0.3 is 10.0 Å². The van der Waals surface area contributed by atoms with Crippen LogP contribution in [0.25, 0.3) is 0 Å². The van der Waals surface area contributed by atoms with E-state index in [-0.39, 0.29) is 6.10 Å². The molecule has 2 rings (SSSR count). The third-order valence-electron chi connectivity index (χ3n) is 4.20. The molecule has 1 aliphatic carbocycles. The Kier molecular flexibility index (Phi) is 3.68. The first-order valence-electron chi connectivity index (χ1n) is 6.55. The molecule has 2 atom stereocenters. The summed E-state index contributed by atoms with van der Waals surface area (Å²) in [5.41, 5.74) is 0. The van der Waals surface area contributed by atoms with Crippen molar-refractivity contribution in [3.8, 4) is 0 Å². The van der Waals surface area contributed by atoms with Crippen molar-refractivity contribution < 1.29 is 5.11 Å². The second-order valence-corrected chi connectivity index (χ2v) is 5.91. The van der Waals surface area contributed by atoms with Gasteiger partial charge in [0.05, 0.1) is 6.10 Å². The second-order valence-electron chi connectivity index (χ2n) is 5.91. The van der Waals surface area contributed by atoms with E-state index in [1.165, 1.54) is 32.5 Å². The van der Waals surface area contributed by atoms with Gasteiger partial charge in [0.1, 0.15) is 0 Å². The monoisotopic (exact) mass is 211 g/mol. The normalized spacial score (nSPS) is 34.4. The summed E-state index contributed by atoms with van der Waals surface area (Å²) in [4.78, 5) is 2.58. The Labute approximate surface area is 93.7 Å². The van der Waals surface area contributed by atoms with Crippen LogP contribution in [0.2, 0.25) is 0 Å². The zero-order chi connectivity index (χ0) is 10.8. The van der Waals surface area contributed by atoms with Gasteiger partial charge in [-0.2, -0.15) is 0 Å². The van der Waals surface area contributed by atoms with Crippen molar-refractivity contribution in [1.82, 2.24) is 4.90 Å². The summed E-state index contributed by atoms with van der Waals surface area (Å²) in [5, 5.41) is 9.60. The lowest BCUT2D eigenvalue weighted by Gasteiger charge is -2.44. The number of nitrogens with zero attached hydrogens (tertiary/aromatic N) is 1. The van der Waals surface area contributed by atoms with Crippen molar-refractivity contribution in [3.63, 3.8) is 0 Å². The highest BCUT2D eigenvalue weighted by Gasteiger charge is 2.31. The van der Waals surface area contributed by atoms with Crippen LogP contribution in [0.5, 0.6) is 0 Å². The van der Waals surface area contributed by atoms with E-state index in [4.69, 9.17) is 0 Å². The van der Waals surface area contributed by atoms with Crippen LogP contribution in [-0.4, -0.2) is 35.7 Å². The van der Waals surface area contributed by atoms with Gasteiger partial charge in [-0.1, -0.05) is 20.3 Å². The van der Waals surface area contributed by atoms with E-state index < -0.39 is 0 Å². The molecule has 2 aliphatic rings. The quantitative estimate of drug-likeness (QED) is 0.773. The smallest absolute Gasteiger partial charge is 0.0543 e. The maximum absolute atomic E-state index is 9.60. The molecule has 2 heteroatoms. The molecule has 88 valence electrons. The number of rotatable bonds is 3. The van der Waals surface area contributed by atoms with Crippen molar-refractivity contribution in [1.29, 1.82) is 0 Å². The van der Waals surface area contributed by atoms with E-state index >= 15 is 0 Å². The Morgan fingerprint density at radius 2 is 2.00 bits per heavy atom. The SMILES string of the molecule is CC(C)C1CN(CC2CCCC(O)C2)C1. The molecule has 0 aromatic heterocycles. The van der Waals surface area contributed by atoms with Crippen LogP contribution in [0.4, 0.5) is 0 Å². The van der Waals surface area contributed by atoms with Gasteiger partial charge in [-0.05, 0) is 37.0 Å². The highest BCUT2D eigenvalue weighted by molar-refractivity contribution is 4.84. The fourth-order valence-electron chi connectivity index (χ4n) is 2.97. The van der Waals surface area contributed by atoms with Crippen molar-refractivity contribution >= 4 is 0 Å². The minimum absolute atomic E-state index is 0.00841. The van der Waals surface area contributed by atoms with Crippen LogP contribution in [0.1, 0.15) is 39.5 Å². The van der Waals surface area contributed by atoms with Crippen molar-refractivity contribution in [2.45, 2.75) is 45.6 Å². The molecule has 0 amide bonds. The number of aliphatic hydroxyl groups is 1. The molecule has 15 heavy (non-hydrogen) atoms. The molecular formula is C13H25NO. The minimum Gasteiger partial charge on any atom is -0.393 e.